The molecule has 0 unspecified atom stereocenters. The summed E-state index contributed by atoms with van der Waals surface area (Å²) in [4.78, 5) is 12.7. The first-order chi connectivity index (χ1) is 14.4. The lowest BCUT2D eigenvalue weighted by atomic mass is 9.43. The number of aliphatic hydroxyl groups excluding tert-OH is 1. The van der Waals surface area contributed by atoms with Gasteiger partial charge in [-0.25, -0.2) is 0 Å². The Morgan fingerprint density at radius 2 is 1.77 bits per heavy atom. The highest BCUT2D eigenvalue weighted by Crippen LogP contribution is 2.68. The second-order valence-electron chi connectivity index (χ2n) is 13.3. The molecule has 0 radical (unpaired) electrons. The van der Waals surface area contributed by atoms with Crippen molar-refractivity contribution in [2.75, 3.05) is 0 Å². The molecule has 1 N–H and O–H groups in total. The van der Waals surface area contributed by atoms with Gasteiger partial charge in [0.05, 0.1) is 6.10 Å². The summed E-state index contributed by atoms with van der Waals surface area (Å²) >= 11 is 0. The third-order valence-electron chi connectivity index (χ3n) is 11.0. The van der Waals surface area contributed by atoms with Crippen molar-refractivity contribution < 1.29 is 9.90 Å². The van der Waals surface area contributed by atoms with Gasteiger partial charge in [-0.2, -0.15) is 0 Å². The van der Waals surface area contributed by atoms with E-state index in [1.54, 1.807) is 0 Å². The van der Waals surface area contributed by atoms with Crippen molar-refractivity contribution in [1.29, 1.82) is 0 Å². The molecule has 8 atom stereocenters. The van der Waals surface area contributed by atoms with Crippen molar-refractivity contribution >= 4 is 5.78 Å². The first-order valence-corrected chi connectivity index (χ1v) is 13.4. The van der Waals surface area contributed by atoms with Gasteiger partial charge in [0.1, 0.15) is 5.78 Å². The van der Waals surface area contributed by atoms with E-state index in [2.05, 4.69) is 54.5 Å². The van der Waals surface area contributed by atoms with Crippen LogP contribution in [0.3, 0.4) is 0 Å². The van der Waals surface area contributed by atoms with Gasteiger partial charge in [0, 0.05) is 11.8 Å². The zero-order valence-corrected chi connectivity index (χ0v) is 21.3. The minimum atomic E-state index is -0.327. The fourth-order valence-electron chi connectivity index (χ4n) is 9.20. The lowest BCUT2D eigenvalue weighted by Gasteiger charge is -2.61. The summed E-state index contributed by atoms with van der Waals surface area (Å²) in [6, 6.07) is 0. The Kier molecular flexibility index (Phi) is 6.07. The molecule has 3 fully saturated rings. The minimum absolute atomic E-state index is 0.0696. The maximum atomic E-state index is 12.7. The van der Waals surface area contributed by atoms with Gasteiger partial charge < -0.3 is 5.11 Å². The van der Waals surface area contributed by atoms with Gasteiger partial charge in [-0.05, 0) is 92.3 Å². The number of Topliss-reactive ketones (excluding diaryl/α,β-unsaturated/α-hetero) is 1. The fraction of sp³-hybridized carbons (Fsp3) is 0.897. The van der Waals surface area contributed by atoms with Crippen molar-refractivity contribution in [2.45, 2.75) is 112 Å². The summed E-state index contributed by atoms with van der Waals surface area (Å²) in [5.41, 5.74) is 1.22. The number of hydrogen-bond donors (Lipinski definition) is 1. The smallest absolute Gasteiger partial charge is 0.142 e. The highest BCUT2D eigenvalue weighted by Gasteiger charge is 2.64. The normalized spacial score (nSPS) is 45.0. The third-order valence-corrected chi connectivity index (χ3v) is 11.0. The molecule has 4 aliphatic rings. The SMILES string of the molecule is CC(C)CCC[C@@H](C)[C@H]1CC[C@H]2[C@@H]3CC=C4C(C)(C)C(=O)CC[C@]4(C)[C@H]3C[C@H](O)[C@]12C. The Morgan fingerprint density at radius 3 is 2.45 bits per heavy atom. The minimum Gasteiger partial charge on any atom is -0.393 e. The largest absolute Gasteiger partial charge is 0.393 e. The summed E-state index contributed by atoms with van der Waals surface area (Å²) in [6.45, 7) is 16.3. The average Bonchev–Trinajstić information content (AvgIpc) is 3.05. The summed E-state index contributed by atoms with van der Waals surface area (Å²) in [5.74, 6) is 4.40. The maximum absolute atomic E-state index is 12.7. The van der Waals surface area contributed by atoms with Gasteiger partial charge in [-0.3, -0.25) is 4.79 Å². The van der Waals surface area contributed by atoms with Crippen LogP contribution in [0.25, 0.3) is 0 Å². The molecule has 0 aromatic rings. The predicted molar refractivity (Wildman–Crippen MR) is 129 cm³/mol. The lowest BCUT2D eigenvalue weighted by molar-refractivity contribution is -0.145. The molecule has 0 heterocycles. The van der Waals surface area contributed by atoms with Crippen molar-refractivity contribution in [3.8, 4) is 0 Å². The van der Waals surface area contributed by atoms with Crippen LogP contribution in [-0.4, -0.2) is 17.0 Å². The predicted octanol–water partition coefficient (Wildman–Crippen LogP) is 7.20. The highest BCUT2D eigenvalue weighted by molar-refractivity contribution is 5.89. The van der Waals surface area contributed by atoms with Crippen LogP contribution in [0.2, 0.25) is 0 Å². The van der Waals surface area contributed by atoms with Crippen LogP contribution < -0.4 is 0 Å². The van der Waals surface area contributed by atoms with Crippen molar-refractivity contribution in [3.05, 3.63) is 11.6 Å². The van der Waals surface area contributed by atoms with Crippen LogP contribution in [0, 0.1) is 51.8 Å². The van der Waals surface area contributed by atoms with E-state index in [-0.39, 0.29) is 22.3 Å². The zero-order chi connectivity index (χ0) is 22.8. The number of rotatable bonds is 5. The molecule has 0 spiro atoms. The summed E-state index contributed by atoms with van der Waals surface area (Å²) < 4.78 is 0. The topological polar surface area (TPSA) is 37.3 Å². The lowest BCUT2D eigenvalue weighted by Crippen LogP contribution is -2.58. The van der Waals surface area contributed by atoms with Gasteiger partial charge in [-0.1, -0.05) is 65.5 Å². The monoisotopic (exact) mass is 428 g/mol. The number of carbonyl (C=O) groups is 1. The molecule has 0 bridgehead atoms. The Morgan fingerprint density at radius 1 is 1.06 bits per heavy atom. The molecule has 0 aliphatic heterocycles. The molecular formula is C29H48O2. The quantitative estimate of drug-likeness (QED) is 0.470. The van der Waals surface area contributed by atoms with E-state index in [1.807, 2.05) is 0 Å². The number of hydrogen-bond acceptors (Lipinski definition) is 2. The molecule has 176 valence electrons. The molecule has 0 aromatic heterocycles. The van der Waals surface area contributed by atoms with Crippen LogP contribution in [-0.2, 0) is 4.79 Å². The van der Waals surface area contributed by atoms with Crippen LogP contribution in [0.5, 0.6) is 0 Å². The molecule has 4 aliphatic carbocycles. The molecule has 2 heteroatoms. The first-order valence-electron chi connectivity index (χ1n) is 13.4. The standard InChI is InChI=1S/C29H48O2/c1-18(2)9-8-10-19(3)21-12-13-22-20-11-14-24-27(4,5)25(30)15-16-28(24,6)23(20)17-26(31)29(21,22)7/h14,18-23,26,31H,8-13,15-17H2,1-7H3/t19-,20+,21-,22+,23+,26+,28-,29-/m1/s1. The Labute approximate surface area is 191 Å². The van der Waals surface area contributed by atoms with E-state index in [9.17, 15) is 9.90 Å². The molecule has 3 saturated carbocycles. The maximum Gasteiger partial charge on any atom is 0.142 e. The number of aliphatic hydroxyl groups is 1. The van der Waals surface area contributed by atoms with E-state index < -0.39 is 0 Å². The van der Waals surface area contributed by atoms with Gasteiger partial charge in [0.25, 0.3) is 0 Å². The molecular weight excluding hydrogens is 380 g/mol. The van der Waals surface area contributed by atoms with E-state index in [1.165, 1.54) is 37.7 Å². The van der Waals surface area contributed by atoms with Gasteiger partial charge in [0.2, 0.25) is 0 Å². The zero-order valence-electron chi connectivity index (χ0n) is 21.3. The number of carbonyl (C=O) groups excluding carboxylic acids is 1. The molecule has 0 amide bonds. The van der Waals surface area contributed by atoms with E-state index >= 15 is 0 Å². The van der Waals surface area contributed by atoms with Crippen LogP contribution in [0.15, 0.2) is 11.6 Å². The number of ketones is 1. The Hall–Kier alpha value is -0.630. The van der Waals surface area contributed by atoms with Crippen molar-refractivity contribution in [1.82, 2.24) is 0 Å². The summed E-state index contributed by atoms with van der Waals surface area (Å²) in [6.07, 6.45) is 12.6. The molecule has 31 heavy (non-hydrogen) atoms. The summed E-state index contributed by atoms with van der Waals surface area (Å²) in [7, 11) is 0. The van der Waals surface area contributed by atoms with Crippen molar-refractivity contribution in [2.24, 2.45) is 51.8 Å². The second-order valence-corrected chi connectivity index (χ2v) is 13.3. The summed E-state index contributed by atoms with van der Waals surface area (Å²) in [5, 5.41) is 11.7. The second kappa shape index (κ2) is 8.00. The van der Waals surface area contributed by atoms with E-state index in [0.29, 0.717) is 41.8 Å². The first kappa shape index (κ1) is 23.5. The Balaban J connectivity index is 1.59. The highest BCUT2D eigenvalue weighted by atomic mass is 16.3. The van der Waals surface area contributed by atoms with Crippen molar-refractivity contribution in [3.63, 3.8) is 0 Å². The van der Waals surface area contributed by atoms with E-state index in [0.717, 1.165) is 25.2 Å². The molecule has 2 nitrogen and oxygen atoms in total. The van der Waals surface area contributed by atoms with Gasteiger partial charge in [-0.15, -0.1) is 0 Å². The van der Waals surface area contributed by atoms with E-state index in [4.69, 9.17) is 0 Å². The average molecular weight is 429 g/mol. The molecule has 0 aromatic carbocycles. The van der Waals surface area contributed by atoms with Gasteiger partial charge >= 0.3 is 0 Å². The molecule has 0 saturated heterocycles. The third kappa shape index (κ3) is 3.49. The number of allylic oxidation sites excluding steroid dienone is 2. The Bertz CT molecular complexity index is 733. The number of fused-ring (bicyclic) bond motifs is 5. The fourth-order valence-corrected chi connectivity index (χ4v) is 9.20. The van der Waals surface area contributed by atoms with Crippen LogP contribution in [0.4, 0.5) is 0 Å². The van der Waals surface area contributed by atoms with Crippen LogP contribution >= 0.6 is 0 Å². The van der Waals surface area contributed by atoms with Gasteiger partial charge in [0.15, 0.2) is 0 Å². The van der Waals surface area contributed by atoms with Crippen LogP contribution in [0.1, 0.15) is 106 Å². The molecule has 4 rings (SSSR count).